The van der Waals surface area contributed by atoms with E-state index in [-0.39, 0.29) is 10.6 Å². The first kappa shape index (κ1) is 15.7. The van der Waals surface area contributed by atoms with E-state index in [0.29, 0.717) is 13.1 Å². The lowest BCUT2D eigenvalue weighted by atomic mass is 10.3. The molecule has 0 spiro atoms. The Morgan fingerprint density at radius 2 is 2.16 bits per heavy atom. The number of hydrogen-bond donors (Lipinski definition) is 3. The Hall–Kier alpha value is -1.38. The van der Waals surface area contributed by atoms with Gasteiger partial charge in [-0.25, -0.2) is 14.3 Å². The van der Waals surface area contributed by atoms with Crippen molar-refractivity contribution < 1.29 is 13.2 Å². The highest BCUT2D eigenvalue weighted by molar-refractivity contribution is 7.89. The van der Waals surface area contributed by atoms with Crippen LogP contribution in [0.1, 0.15) is 37.2 Å². The number of carbonyl (C=O) groups excluding carboxylic acids is 1. The van der Waals surface area contributed by atoms with Gasteiger partial charge < -0.3 is 4.98 Å². The van der Waals surface area contributed by atoms with Crippen LogP contribution in [0.3, 0.4) is 0 Å². The van der Waals surface area contributed by atoms with Gasteiger partial charge in [-0.15, -0.1) is 0 Å². The molecule has 0 aliphatic rings. The Bertz CT molecular complexity index is 524. The number of amides is 1. The number of aromatic nitrogens is 1. The van der Waals surface area contributed by atoms with Gasteiger partial charge in [0, 0.05) is 19.3 Å². The van der Waals surface area contributed by atoms with Gasteiger partial charge in [-0.05, 0) is 12.5 Å². The summed E-state index contributed by atoms with van der Waals surface area (Å²) in [5.74, 6) is 4.44. The molecular formula is C11H20N4O3S. The van der Waals surface area contributed by atoms with Gasteiger partial charge in [0.2, 0.25) is 10.0 Å². The Kier molecular flexibility index (Phi) is 5.52. The molecule has 0 saturated heterocycles. The van der Waals surface area contributed by atoms with Crippen molar-refractivity contribution in [3.05, 3.63) is 18.0 Å². The van der Waals surface area contributed by atoms with Crippen LogP contribution in [-0.4, -0.2) is 36.7 Å². The first-order valence-corrected chi connectivity index (χ1v) is 7.60. The third-order valence-corrected chi connectivity index (χ3v) is 4.74. The molecule has 0 radical (unpaired) electrons. The average Bonchev–Trinajstić information content (AvgIpc) is 2.88. The van der Waals surface area contributed by atoms with Crippen molar-refractivity contribution in [2.45, 2.75) is 31.6 Å². The second kappa shape index (κ2) is 6.69. The highest BCUT2D eigenvalue weighted by Gasteiger charge is 2.24. The molecule has 0 atom stereocenters. The van der Waals surface area contributed by atoms with Gasteiger partial charge >= 0.3 is 0 Å². The number of nitrogens with two attached hydrogens (primary N) is 1. The molecule has 0 aromatic carbocycles. The molecule has 0 bridgehead atoms. The van der Waals surface area contributed by atoms with Crippen molar-refractivity contribution >= 4 is 15.9 Å². The molecule has 1 rings (SSSR count). The minimum absolute atomic E-state index is 0.0732. The van der Waals surface area contributed by atoms with Crippen molar-refractivity contribution in [2.24, 2.45) is 5.84 Å². The van der Waals surface area contributed by atoms with Gasteiger partial charge in [0.15, 0.2) is 0 Å². The number of hydrazine groups is 1. The van der Waals surface area contributed by atoms with E-state index in [1.807, 2.05) is 12.3 Å². The number of nitrogens with zero attached hydrogens (tertiary/aromatic N) is 1. The number of hydrogen-bond acceptors (Lipinski definition) is 4. The highest BCUT2D eigenvalue weighted by Crippen LogP contribution is 2.17. The standard InChI is InChI=1S/C11H20N4O3S/c1-3-5-6-15(4-2)19(17,18)9-7-10(13-8-9)11(16)14-12/h7-8,13H,3-6,12H2,1-2H3,(H,14,16). The van der Waals surface area contributed by atoms with E-state index >= 15 is 0 Å². The van der Waals surface area contributed by atoms with Crippen molar-refractivity contribution in [1.29, 1.82) is 0 Å². The van der Waals surface area contributed by atoms with E-state index in [4.69, 9.17) is 5.84 Å². The minimum atomic E-state index is -3.56. The topological polar surface area (TPSA) is 108 Å². The molecule has 7 nitrogen and oxygen atoms in total. The van der Waals surface area contributed by atoms with Crippen LogP contribution in [0.4, 0.5) is 0 Å². The van der Waals surface area contributed by atoms with E-state index in [1.165, 1.54) is 16.6 Å². The lowest BCUT2D eigenvalue weighted by Gasteiger charge is -2.19. The molecule has 0 unspecified atom stereocenters. The van der Waals surface area contributed by atoms with Crippen molar-refractivity contribution in [3.63, 3.8) is 0 Å². The summed E-state index contributed by atoms with van der Waals surface area (Å²) in [5, 5.41) is 0. The van der Waals surface area contributed by atoms with Gasteiger partial charge in [-0.2, -0.15) is 4.31 Å². The Morgan fingerprint density at radius 3 is 2.68 bits per heavy atom. The monoisotopic (exact) mass is 288 g/mol. The first-order chi connectivity index (χ1) is 8.97. The van der Waals surface area contributed by atoms with Gasteiger partial charge in [-0.3, -0.25) is 10.2 Å². The van der Waals surface area contributed by atoms with Crippen LogP contribution in [0.5, 0.6) is 0 Å². The summed E-state index contributed by atoms with van der Waals surface area (Å²) in [6, 6.07) is 1.28. The molecule has 1 aromatic heterocycles. The number of H-pyrrole nitrogens is 1. The molecule has 1 aromatic rings. The summed E-state index contributed by atoms with van der Waals surface area (Å²) >= 11 is 0. The summed E-state index contributed by atoms with van der Waals surface area (Å²) in [5.41, 5.74) is 2.06. The second-order valence-corrected chi connectivity index (χ2v) is 6.01. The normalized spacial score (nSPS) is 11.8. The molecule has 108 valence electrons. The van der Waals surface area contributed by atoms with Crippen LogP contribution >= 0.6 is 0 Å². The molecule has 19 heavy (non-hydrogen) atoms. The van der Waals surface area contributed by atoms with Crippen LogP contribution in [0.2, 0.25) is 0 Å². The number of rotatable bonds is 7. The maximum absolute atomic E-state index is 12.3. The number of carbonyl (C=O) groups is 1. The Morgan fingerprint density at radius 1 is 1.47 bits per heavy atom. The predicted molar refractivity (Wildman–Crippen MR) is 71.8 cm³/mol. The summed E-state index contributed by atoms with van der Waals surface area (Å²) in [4.78, 5) is 14.0. The molecule has 0 aliphatic carbocycles. The molecular weight excluding hydrogens is 268 g/mol. The van der Waals surface area contributed by atoms with Crippen LogP contribution in [-0.2, 0) is 10.0 Å². The first-order valence-electron chi connectivity index (χ1n) is 6.16. The smallest absolute Gasteiger partial charge is 0.281 e. The van der Waals surface area contributed by atoms with Gasteiger partial charge in [0.05, 0.1) is 0 Å². The number of nitrogens with one attached hydrogen (secondary N) is 2. The fourth-order valence-corrected chi connectivity index (χ4v) is 3.15. The van der Waals surface area contributed by atoms with Crippen LogP contribution < -0.4 is 11.3 Å². The Labute approximate surface area is 113 Å². The number of nitrogen functional groups attached to an aromatic ring is 1. The number of sulfonamides is 1. The fourth-order valence-electron chi connectivity index (χ4n) is 1.66. The summed E-state index contributed by atoms with van der Waals surface area (Å²) in [6.07, 6.45) is 3.02. The zero-order chi connectivity index (χ0) is 14.5. The third-order valence-electron chi connectivity index (χ3n) is 2.78. The van der Waals surface area contributed by atoms with Crippen LogP contribution in [0, 0.1) is 0 Å². The zero-order valence-electron chi connectivity index (χ0n) is 11.1. The average molecular weight is 288 g/mol. The molecule has 0 saturated carbocycles. The molecule has 1 heterocycles. The second-order valence-electron chi connectivity index (χ2n) is 4.07. The van der Waals surface area contributed by atoms with E-state index in [1.54, 1.807) is 6.92 Å². The third kappa shape index (κ3) is 3.55. The van der Waals surface area contributed by atoms with E-state index in [9.17, 15) is 13.2 Å². The maximum atomic E-state index is 12.3. The lowest BCUT2D eigenvalue weighted by Crippen LogP contribution is -2.32. The van der Waals surface area contributed by atoms with E-state index < -0.39 is 15.9 Å². The predicted octanol–water partition coefficient (Wildman–Crippen LogP) is 0.429. The van der Waals surface area contributed by atoms with Gasteiger partial charge in [0.25, 0.3) is 5.91 Å². The largest absolute Gasteiger partial charge is 0.356 e. The van der Waals surface area contributed by atoms with E-state index in [2.05, 4.69) is 4.98 Å². The van der Waals surface area contributed by atoms with Crippen molar-refractivity contribution in [3.8, 4) is 0 Å². The maximum Gasteiger partial charge on any atom is 0.281 e. The quantitative estimate of drug-likeness (QED) is 0.384. The van der Waals surface area contributed by atoms with Crippen LogP contribution in [0.15, 0.2) is 17.2 Å². The molecule has 0 fully saturated rings. The summed E-state index contributed by atoms with van der Waals surface area (Å²) in [6.45, 7) is 4.65. The van der Waals surface area contributed by atoms with Crippen LogP contribution in [0.25, 0.3) is 0 Å². The number of aromatic amines is 1. The molecule has 4 N–H and O–H groups in total. The summed E-state index contributed by atoms with van der Waals surface area (Å²) in [7, 11) is -3.56. The fraction of sp³-hybridized carbons (Fsp3) is 0.545. The van der Waals surface area contributed by atoms with Crippen molar-refractivity contribution in [1.82, 2.24) is 14.7 Å². The highest BCUT2D eigenvalue weighted by atomic mass is 32.2. The minimum Gasteiger partial charge on any atom is -0.356 e. The Balaban J connectivity index is 2.98. The zero-order valence-corrected chi connectivity index (χ0v) is 12.0. The van der Waals surface area contributed by atoms with Crippen molar-refractivity contribution in [2.75, 3.05) is 13.1 Å². The van der Waals surface area contributed by atoms with E-state index in [0.717, 1.165) is 12.8 Å². The molecule has 1 amide bonds. The summed E-state index contributed by atoms with van der Waals surface area (Å²) < 4.78 is 26.1. The SMILES string of the molecule is CCCCN(CC)S(=O)(=O)c1c[nH]c(C(=O)NN)c1. The van der Waals surface area contributed by atoms with Gasteiger partial charge in [-0.1, -0.05) is 20.3 Å². The van der Waals surface area contributed by atoms with Gasteiger partial charge in [0.1, 0.15) is 10.6 Å². The lowest BCUT2D eigenvalue weighted by molar-refractivity contribution is 0.0949. The molecule has 8 heteroatoms. The molecule has 0 aliphatic heterocycles. The number of unbranched alkanes of at least 4 members (excludes halogenated alkanes) is 1.